The lowest BCUT2D eigenvalue weighted by Gasteiger charge is -2.14. The first-order valence-electron chi connectivity index (χ1n) is 17.6. The van der Waals surface area contributed by atoms with Gasteiger partial charge < -0.3 is 9.13 Å². The van der Waals surface area contributed by atoms with E-state index in [-0.39, 0.29) is 0 Å². The molecule has 0 saturated heterocycles. The summed E-state index contributed by atoms with van der Waals surface area (Å²) in [7, 11) is 0. The van der Waals surface area contributed by atoms with Crippen molar-refractivity contribution < 1.29 is 0 Å². The molecule has 2 heterocycles. The lowest BCUT2D eigenvalue weighted by molar-refractivity contribution is 1.18. The second kappa shape index (κ2) is 11.8. The minimum absolute atomic E-state index is 1.15. The van der Waals surface area contributed by atoms with Gasteiger partial charge in [-0.15, -0.1) is 0 Å². The predicted octanol–water partition coefficient (Wildman–Crippen LogP) is 13.2. The van der Waals surface area contributed by atoms with Crippen LogP contribution in [0.4, 0.5) is 0 Å². The Bertz CT molecular complexity index is 2840. The zero-order valence-corrected chi connectivity index (χ0v) is 28.3. The lowest BCUT2D eigenvalue weighted by atomic mass is 9.98. The van der Waals surface area contributed by atoms with E-state index in [0.717, 1.165) is 5.69 Å². The SMILES string of the molecule is Cc1ccc2c3ccc(-c4ccc5c6ccccc6n(-c6cc(-c7ccccc7)cc(-c7ccccc7)c6)c5c4)cc3n(-c3ccccc3)c2c1. The van der Waals surface area contributed by atoms with Crippen LogP contribution >= 0.6 is 0 Å². The Kier molecular flexibility index (Phi) is 6.75. The van der Waals surface area contributed by atoms with Crippen molar-refractivity contribution in [3.63, 3.8) is 0 Å². The quantitative estimate of drug-likeness (QED) is 0.175. The highest BCUT2D eigenvalue weighted by atomic mass is 15.0. The molecule has 240 valence electrons. The molecular weight excluding hydrogens is 617 g/mol. The van der Waals surface area contributed by atoms with Crippen LogP contribution in [0.5, 0.6) is 0 Å². The number of aryl methyl sites for hydroxylation is 1. The molecule has 0 aliphatic rings. The fourth-order valence-electron chi connectivity index (χ4n) is 7.93. The second-order valence-electron chi connectivity index (χ2n) is 13.5. The van der Waals surface area contributed by atoms with Gasteiger partial charge in [0.2, 0.25) is 0 Å². The lowest BCUT2D eigenvalue weighted by Crippen LogP contribution is -1.96. The summed E-state index contributed by atoms with van der Waals surface area (Å²) < 4.78 is 4.87. The van der Waals surface area contributed by atoms with Crippen LogP contribution in [-0.2, 0) is 0 Å². The number of aromatic nitrogens is 2. The first-order valence-corrected chi connectivity index (χ1v) is 17.6. The van der Waals surface area contributed by atoms with Crippen LogP contribution in [0.1, 0.15) is 5.56 Å². The Morgan fingerprint density at radius 1 is 0.275 bits per heavy atom. The first kappa shape index (κ1) is 29.3. The number of rotatable bonds is 5. The molecule has 0 radical (unpaired) electrons. The molecule has 0 unspecified atom stereocenters. The molecule has 0 saturated carbocycles. The van der Waals surface area contributed by atoms with Gasteiger partial charge in [-0.05, 0) is 100 Å². The third kappa shape index (κ3) is 4.87. The Morgan fingerprint density at radius 3 is 1.31 bits per heavy atom. The van der Waals surface area contributed by atoms with Crippen LogP contribution in [0.2, 0.25) is 0 Å². The van der Waals surface area contributed by atoms with Crippen LogP contribution in [-0.4, -0.2) is 9.13 Å². The molecule has 0 amide bonds. The number of benzene rings is 8. The van der Waals surface area contributed by atoms with Crippen LogP contribution in [0.25, 0.3) is 88.4 Å². The highest BCUT2D eigenvalue weighted by molar-refractivity contribution is 6.12. The van der Waals surface area contributed by atoms with Crippen LogP contribution < -0.4 is 0 Å². The van der Waals surface area contributed by atoms with E-state index < -0.39 is 0 Å². The van der Waals surface area contributed by atoms with E-state index in [9.17, 15) is 0 Å². The van der Waals surface area contributed by atoms with Gasteiger partial charge in [0.05, 0.1) is 22.1 Å². The molecule has 0 bridgehead atoms. The van der Waals surface area contributed by atoms with Crippen LogP contribution in [0.15, 0.2) is 188 Å². The molecule has 2 nitrogen and oxygen atoms in total. The Morgan fingerprint density at radius 2 is 0.725 bits per heavy atom. The minimum atomic E-state index is 1.15. The van der Waals surface area contributed by atoms with E-state index in [2.05, 4.69) is 204 Å². The molecule has 10 aromatic rings. The Balaban J connectivity index is 1.22. The minimum Gasteiger partial charge on any atom is -0.309 e. The van der Waals surface area contributed by atoms with Crippen molar-refractivity contribution in [1.82, 2.24) is 9.13 Å². The van der Waals surface area contributed by atoms with Crippen molar-refractivity contribution >= 4 is 43.6 Å². The number of fused-ring (bicyclic) bond motifs is 6. The summed E-state index contributed by atoms with van der Waals surface area (Å²) in [6, 6.07) is 68.7. The molecule has 10 rings (SSSR count). The first-order chi connectivity index (χ1) is 25.2. The van der Waals surface area contributed by atoms with Gasteiger partial charge in [0.25, 0.3) is 0 Å². The summed E-state index contributed by atoms with van der Waals surface area (Å²) in [5.74, 6) is 0. The summed E-state index contributed by atoms with van der Waals surface area (Å²) in [4.78, 5) is 0. The monoisotopic (exact) mass is 650 g/mol. The molecule has 2 aromatic heterocycles. The molecule has 0 fully saturated rings. The highest BCUT2D eigenvalue weighted by Gasteiger charge is 2.17. The molecule has 51 heavy (non-hydrogen) atoms. The normalized spacial score (nSPS) is 11.6. The number of hydrogen-bond donors (Lipinski definition) is 0. The average molecular weight is 651 g/mol. The molecule has 8 aromatic carbocycles. The van der Waals surface area contributed by atoms with Gasteiger partial charge >= 0.3 is 0 Å². The van der Waals surface area contributed by atoms with Gasteiger partial charge in [-0.25, -0.2) is 0 Å². The molecule has 0 atom stereocenters. The van der Waals surface area contributed by atoms with Crippen molar-refractivity contribution in [3.8, 4) is 44.8 Å². The summed E-state index contributed by atoms with van der Waals surface area (Å²) in [6.45, 7) is 2.17. The van der Waals surface area contributed by atoms with Gasteiger partial charge in [0, 0.05) is 32.9 Å². The van der Waals surface area contributed by atoms with Crippen molar-refractivity contribution in [1.29, 1.82) is 0 Å². The molecule has 0 aliphatic heterocycles. The summed E-state index contributed by atoms with van der Waals surface area (Å²) in [5.41, 5.74) is 15.6. The largest absolute Gasteiger partial charge is 0.309 e. The highest BCUT2D eigenvalue weighted by Crippen LogP contribution is 2.39. The van der Waals surface area contributed by atoms with E-state index in [0.29, 0.717) is 0 Å². The van der Waals surface area contributed by atoms with E-state index in [1.54, 1.807) is 0 Å². The summed E-state index contributed by atoms with van der Waals surface area (Å²) in [6.07, 6.45) is 0. The zero-order chi connectivity index (χ0) is 33.9. The molecule has 0 N–H and O–H groups in total. The van der Waals surface area contributed by atoms with E-state index in [4.69, 9.17) is 0 Å². The molecule has 2 heteroatoms. The third-order valence-electron chi connectivity index (χ3n) is 10.3. The van der Waals surface area contributed by atoms with E-state index in [1.165, 1.54) is 88.2 Å². The summed E-state index contributed by atoms with van der Waals surface area (Å²) >= 11 is 0. The average Bonchev–Trinajstić information content (AvgIpc) is 3.70. The van der Waals surface area contributed by atoms with Gasteiger partial charge in [-0.3, -0.25) is 0 Å². The Labute approximate surface area is 297 Å². The maximum absolute atomic E-state index is 2.45. The van der Waals surface area contributed by atoms with E-state index in [1.807, 2.05) is 0 Å². The molecule has 0 aliphatic carbocycles. The predicted molar refractivity (Wildman–Crippen MR) is 216 cm³/mol. The maximum atomic E-state index is 2.45. The van der Waals surface area contributed by atoms with Crippen molar-refractivity contribution in [2.24, 2.45) is 0 Å². The van der Waals surface area contributed by atoms with Crippen LogP contribution in [0, 0.1) is 6.92 Å². The van der Waals surface area contributed by atoms with Crippen molar-refractivity contribution in [2.75, 3.05) is 0 Å². The topological polar surface area (TPSA) is 9.86 Å². The molecule has 0 spiro atoms. The van der Waals surface area contributed by atoms with E-state index >= 15 is 0 Å². The van der Waals surface area contributed by atoms with Gasteiger partial charge in [-0.2, -0.15) is 0 Å². The maximum Gasteiger partial charge on any atom is 0.0547 e. The van der Waals surface area contributed by atoms with Gasteiger partial charge in [-0.1, -0.05) is 133 Å². The number of hydrogen-bond acceptors (Lipinski definition) is 0. The van der Waals surface area contributed by atoms with Gasteiger partial charge in [0.15, 0.2) is 0 Å². The smallest absolute Gasteiger partial charge is 0.0547 e. The standard InChI is InChI=1S/C49H34N2/c1-33-21-24-43-45-26-23-36(31-48(45)50(47(43)27-33)40-17-9-4-10-18-40)37-22-25-44-42-19-11-12-20-46(42)51(49(44)32-37)41-29-38(34-13-5-2-6-14-34)28-39(30-41)35-15-7-3-8-16-35/h2-32H,1H3. The molecular formula is C49H34N2. The Hall–Kier alpha value is -6.64. The van der Waals surface area contributed by atoms with Gasteiger partial charge in [0.1, 0.15) is 0 Å². The number of nitrogens with zero attached hydrogens (tertiary/aromatic N) is 2. The van der Waals surface area contributed by atoms with Crippen LogP contribution in [0.3, 0.4) is 0 Å². The van der Waals surface area contributed by atoms with Crippen molar-refractivity contribution in [3.05, 3.63) is 194 Å². The fraction of sp³-hybridized carbons (Fsp3) is 0.0204. The zero-order valence-electron chi connectivity index (χ0n) is 28.3. The van der Waals surface area contributed by atoms with Crippen molar-refractivity contribution in [2.45, 2.75) is 6.92 Å². The fourth-order valence-corrected chi connectivity index (χ4v) is 7.93. The second-order valence-corrected chi connectivity index (χ2v) is 13.5. The third-order valence-corrected chi connectivity index (χ3v) is 10.3. The summed E-state index contributed by atoms with van der Waals surface area (Å²) in [5, 5.41) is 5.03. The number of para-hydroxylation sites is 2.